The van der Waals surface area contributed by atoms with Gasteiger partial charge in [0.05, 0.1) is 5.75 Å². The summed E-state index contributed by atoms with van der Waals surface area (Å²) in [5, 5.41) is 3.53. The Morgan fingerprint density at radius 2 is 1.67 bits per heavy atom. The molecule has 0 aliphatic heterocycles. The Balaban J connectivity index is 2.80. The largest absolute Gasteiger partial charge is 0.316 e. The minimum Gasteiger partial charge on any atom is -0.316 e. The number of rotatable bonds is 10. The number of nitrogens with zero attached hydrogens (tertiary/aromatic N) is 2. The van der Waals surface area contributed by atoms with E-state index < -0.39 is 0 Å². The summed E-state index contributed by atoms with van der Waals surface area (Å²) in [5.41, 5.74) is 3.88. The molecule has 0 radical (unpaired) electrons. The number of hydrogen-bond acceptors (Lipinski definition) is 4. The topological polar surface area (TPSA) is 37.8 Å². The molecule has 0 aromatic carbocycles. The Morgan fingerprint density at radius 3 is 2.14 bits per heavy atom. The highest BCUT2D eigenvalue weighted by Gasteiger charge is 2.12. The van der Waals surface area contributed by atoms with E-state index in [0.29, 0.717) is 5.92 Å². The normalized spacial score (nSPS) is 11.3. The van der Waals surface area contributed by atoms with Gasteiger partial charge in [-0.05, 0) is 49.6 Å². The van der Waals surface area contributed by atoms with Crippen LogP contribution in [0, 0.1) is 5.92 Å². The molecule has 1 aromatic rings. The van der Waals surface area contributed by atoms with Crippen LogP contribution in [0.3, 0.4) is 0 Å². The standard InChI is InChI=1S/C17H31N3S/c1-6-15-14(9-10-18-11-13(4)5)16(7-2)20-17(19-15)12-21-8-3/h13,18H,6-12H2,1-5H3. The monoisotopic (exact) mass is 309 g/mol. The van der Waals surface area contributed by atoms with Crippen LogP contribution >= 0.6 is 11.8 Å². The first-order valence-electron chi connectivity index (χ1n) is 8.28. The zero-order valence-corrected chi connectivity index (χ0v) is 15.1. The number of aromatic nitrogens is 2. The molecular formula is C17H31N3S. The number of thioether (sulfide) groups is 1. The van der Waals surface area contributed by atoms with Crippen molar-refractivity contribution >= 4 is 11.8 Å². The van der Waals surface area contributed by atoms with Gasteiger partial charge in [0.15, 0.2) is 0 Å². The van der Waals surface area contributed by atoms with Crippen molar-refractivity contribution in [3.8, 4) is 0 Å². The van der Waals surface area contributed by atoms with Gasteiger partial charge in [-0.2, -0.15) is 11.8 Å². The molecule has 0 bridgehead atoms. The van der Waals surface area contributed by atoms with Crippen LogP contribution in [-0.2, 0) is 25.0 Å². The second-order valence-electron chi connectivity index (χ2n) is 5.70. The van der Waals surface area contributed by atoms with Gasteiger partial charge in [0.25, 0.3) is 0 Å². The fourth-order valence-electron chi connectivity index (χ4n) is 2.37. The van der Waals surface area contributed by atoms with Gasteiger partial charge in [-0.3, -0.25) is 0 Å². The number of aryl methyl sites for hydroxylation is 2. The number of nitrogens with one attached hydrogen (secondary N) is 1. The Labute approximate surface area is 134 Å². The van der Waals surface area contributed by atoms with E-state index >= 15 is 0 Å². The average Bonchev–Trinajstić information content (AvgIpc) is 2.49. The highest BCUT2D eigenvalue weighted by Crippen LogP contribution is 2.17. The predicted molar refractivity (Wildman–Crippen MR) is 94.0 cm³/mol. The SMILES string of the molecule is CCSCc1nc(CC)c(CCNCC(C)C)c(CC)n1. The molecule has 0 aliphatic carbocycles. The van der Waals surface area contributed by atoms with Crippen LogP contribution in [0.4, 0.5) is 0 Å². The first-order chi connectivity index (χ1) is 10.1. The van der Waals surface area contributed by atoms with E-state index in [2.05, 4.69) is 39.9 Å². The summed E-state index contributed by atoms with van der Waals surface area (Å²) < 4.78 is 0. The summed E-state index contributed by atoms with van der Waals surface area (Å²) in [5.74, 6) is 3.76. The predicted octanol–water partition coefficient (Wildman–Crippen LogP) is 3.64. The summed E-state index contributed by atoms with van der Waals surface area (Å²) >= 11 is 1.89. The molecule has 4 heteroatoms. The van der Waals surface area contributed by atoms with Crippen molar-refractivity contribution in [1.82, 2.24) is 15.3 Å². The van der Waals surface area contributed by atoms with Crippen LogP contribution in [0.15, 0.2) is 0 Å². The van der Waals surface area contributed by atoms with Gasteiger partial charge >= 0.3 is 0 Å². The second-order valence-corrected chi connectivity index (χ2v) is 6.98. The lowest BCUT2D eigenvalue weighted by molar-refractivity contribution is 0.552. The quantitative estimate of drug-likeness (QED) is 0.670. The van der Waals surface area contributed by atoms with E-state index in [9.17, 15) is 0 Å². The van der Waals surface area contributed by atoms with Crippen LogP contribution in [-0.4, -0.2) is 28.8 Å². The van der Waals surface area contributed by atoms with Crippen LogP contribution < -0.4 is 5.32 Å². The van der Waals surface area contributed by atoms with Crippen LogP contribution in [0.2, 0.25) is 0 Å². The maximum Gasteiger partial charge on any atom is 0.138 e. The Morgan fingerprint density at radius 1 is 1.05 bits per heavy atom. The molecular weight excluding hydrogens is 278 g/mol. The Hall–Kier alpha value is -0.610. The van der Waals surface area contributed by atoms with Gasteiger partial charge in [-0.25, -0.2) is 9.97 Å². The smallest absolute Gasteiger partial charge is 0.138 e. The Kier molecular flexibility index (Phi) is 8.93. The Bertz CT molecular complexity index is 393. The van der Waals surface area contributed by atoms with E-state index in [1.165, 1.54) is 17.0 Å². The molecule has 1 rings (SSSR count). The molecule has 0 saturated carbocycles. The molecule has 0 saturated heterocycles. The van der Waals surface area contributed by atoms with Gasteiger partial charge in [0, 0.05) is 11.4 Å². The number of hydrogen-bond donors (Lipinski definition) is 1. The van der Waals surface area contributed by atoms with Crippen molar-refractivity contribution < 1.29 is 0 Å². The van der Waals surface area contributed by atoms with Crippen molar-refractivity contribution in [1.29, 1.82) is 0 Å². The summed E-state index contributed by atoms with van der Waals surface area (Å²) in [7, 11) is 0. The first-order valence-corrected chi connectivity index (χ1v) is 9.43. The first kappa shape index (κ1) is 18.4. The minimum absolute atomic E-state index is 0.700. The van der Waals surface area contributed by atoms with Crippen LogP contribution in [0.25, 0.3) is 0 Å². The van der Waals surface area contributed by atoms with Gasteiger partial charge in [-0.1, -0.05) is 34.6 Å². The van der Waals surface area contributed by atoms with Crippen molar-refractivity contribution in [2.75, 3.05) is 18.8 Å². The summed E-state index contributed by atoms with van der Waals surface area (Å²) in [4.78, 5) is 9.58. The highest BCUT2D eigenvalue weighted by molar-refractivity contribution is 7.98. The second kappa shape index (κ2) is 10.2. The maximum absolute atomic E-state index is 4.79. The zero-order chi connectivity index (χ0) is 15.7. The lowest BCUT2D eigenvalue weighted by atomic mass is 10.0. The third-order valence-corrected chi connectivity index (χ3v) is 4.30. The van der Waals surface area contributed by atoms with Gasteiger partial charge in [0.1, 0.15) is 5.82 Å². The lowest BCUT2D eigenvalue weighted by Crippen LogP contribution is -2.23. The zero-order valence-electron chi connectivity index (χ0n) is 14.3. The molecule has 0 unspecified atom stereocenters. The molecule has 0 atom stereocenters. The third kappa shape index (κ3) is 6.35. The molecule has 0 spiro atoms. The highest BCUT2D eigenvalue weighted by atomic mass is 32.2. The van der Waals surface area contributed by atoms with Crippen molar-refractivity contribution in [2.45, 2.75) is 59.6 Å². The summed E-state index contributed by atoms with van der Waals surface area (Å²) in [6, 6.07) is 0. The van der Waals surface area contributed by atoms with E-state index in [4.69, 9.17) is 9.97 Å². The van der Waals surface area contributed by atoms with Crippen molar-refractivity contribution in [2.24, 2.45) is 5.92 Å². The molecule has 120 valence electrons. The van der Waals surface area contributed by atoms with Crippen LogP contribution in [0.5, 0.6) is 0 Å². The fraction of sp³-hybridized carbons (Fsp3) is 0.765. The molecule has 0 aliphatic rings. The fourth-order valence-corrected chi connectivity index (χ4v) is 2.89. The molecule has 3 nitrogen and oxygen atoms in total. The molecule has 0 amide bonds. The molecule has 1 aromatic heterocycles. The molecule has 1 heterocycles. The van der Waals surface area contributed by atoms with Gasteiger partial charge in [-0.15, -0.1) is 0 Å². The molecule has 0 fully saturated rings. The van der Waals surface area contributed by atoms with E-state index in [0.717, 1.165) is 49.7 Å². The van der Waals surface area contributed by atoms with E-state index in [1.54, 1.807) is 0 Å². The summed E-state index contributed by atoms with van der Waals surface area (Å²) in [6.07, 6.45) is 3.04. The van der Waals surface area contributed by atoms with E-state index in [-0.39, 0.29) is 0 Å². The average molecular weight is 310 g/mol. The molecule has 21 heavy (non-hydrogen) atoms. The van der Waals surface area contributed by atoms with E-state index in [1.807, 2.05) is 11.8 Å². The lowest BCUT2D eigenvalue weighted by Gasteiger charge is -2.15. The van der Waals surface area contributed by atoms with Crippen molar-refractivity contribution in [3.63, 3.8) is 0 Å². The van der Waals surface area contributed by atoms with Gasteiger partial charge in [0.2, 0.25) is 0 Å². The van der Waals surface area contributed by atoms with Crippen LogP contribution in [0.1, 0.15) is 57.4 Å². The third-order valence-electron chi connectivity index (χ3n) is 3.43. The van der Waals surface area contributed by atoms with Gasteiger partial charge < -0.3 is 5.32 Å². The maximum atomic E-state index is 4.79. The van der Waals surface area contributed by atoms with Crippen molar-refractivity contribution in [3.05, 3.63) is 22.8 Å². The summed E-state index contributed by atoms with van der Waals surface area (Å²) in [6.45, 7) is 13.2. The molecule has 1 N–H and O–H groups in total. The minimum atomic E-state index is 0.700.